The van der Waals surface area contributed by atoms with E-state index in [1.807, 2.05) is 0 Å². The molecule has 1 saturated heterocycles. The van der Waals surface area contributed by atoms with E-state index in [2.05, 4.69) is 26.3 Å². The van der Waals surface area contributed by atoms with Crippen LogP contribution in [0.15, 0.2) is 24.5 Å². The van der Waals surface area contributed by atoms with Gasteiger partial charge in [0.2, 0.25) is 0 Å². The minimum Gasteiger partial charge on any atom is -0.371 e. The normalized spacial score (nSPS) is 14.8. The first kappa shape index (κ1) is 19.0. The highest BCUT2D eigenvalue weighted by Crippen LogP contribution is 2.20. The lowest BCUT2D eigenvalue weighted by molar-refractivity contribution is 0.252. The maximum atomic E-state index is 11.7. The number of carbonyl (C=O) groups excluding carboxylic acids is 1. The zero-order valence-electron chi connectivity index (χ0n) is 13.7. The molecule has 1 fully saturated rings. The fourth-order valence-electron chi connectivity index (χ4n) is 2.36. The van der Waals surface area contributed by atoms with Gasteiger partial charge in [0.25, 0.3) is 0 Å². The number of thiocarbonyl (C=S) groups is 1. The summed E-state index contributed by atoms with van der Waals surface area (Å²) in [6, 6.07) is 3.32. The number of hydrogen-bond donors (Lipinski definition) is 4. The SMILES string of the molecule is O=C(NCCCCNC(=S)SC1CCNCC1)Nc1ccncc1. The third kappa shape index (κ3) is 7.94. The van der Waals surface area contributed by atoms with Gasteiger partial charge in [-0.25, -0.2) is 4.79 Å². The van der Waals surface area contributed by atoms with Crippen molar-refractivity contribution in [3.8, 4) is 0 Å². The van der Waals surface area contributed by atoms with Crippen molar-refractivity contribution in [2.75, 3.05) is 31.5 Å². The Balaban J connectivity index is 1.46. The Labute approximate surface area is 153 Å². The molecule has 132 valence electrons. The van der Waals surface area contributed by atoms with Crippen molar-refractivity contribution in [3.63, 3.8) is 0 Å². The fraction of sp³-hybridized carbons (Fsp3) is 0.562. The van der Waals surface area contributed by atoms with Gasteiger partial charge in [0, 0.05) is 36.4 Å². The summed E-state index contributed by atoms with van der Waals surface area (Å²) >= 11 is 7.16. The molecule has 1 aromatic rings. The minimum absolute atomic E-state index is 0.189. The molecule has 6 nitrogen and oxygen atoms in total. The Morgan fingerprint density at radius 3 is 2.58 bits per heavy atom. The lowest BCUT2D eigenvalue weighted by Crippen LogP contribution is -2.32. The van der Waals surface area contributed by atoms with Crippen molar-refractivity contribution in [1.82, 2.24) is 20.9 Å². The van der Waals surface area contributed by atoms with Gasteiger partial charge in [-0.1, -0.05) is 24.0 Å². The van der Waals surface area contributed by atoms with Gasteiger partial charge in [-0.2, -0.15) is 0 Å². The molecule has 1 aliphatic heterocycles. The summed E-state index contributed by atoms with van der Waals surface area (Å²) < 4.78 is 0.894. The van der Waals surface area contributed by atoms with Gasteiger partial charge >= 0.3 is 6.03 Å². The van der Waals surface area contributed by atoms with Crippen molar-refractivity contribution >= 4 is 40.0 Å². The second-order valence-corrected chi connectivity index (χ2v) is 7.58. The molecule has 0 aromatic carbocycles. The summed E-state index contributed by atoms with van der Waals surface area (Å²) in [7, 11) is 0. The molecule has 0 radical (unpaired) electrons. The van der Waals surface area contributed by atoms with E-state index in [-0.39, 0.29) is 6.03 Å². The number of urea groups is 1. The molecule has 1 aromatic heterocycles. The number of thioether (sulfide) groups is 1. The molecule has 2 rings (SSSR count). The Morgan fingerprint density at radius 2 is 1.88 bits per heavy atom. The molecule has 4 N–H and O–H groups in total. The Kier molecular flexibility index (Phi) is 8.86. The highest BCUT2D eigenvalue weighted by molar-refractivity contribution is 8.23. The third-order valence-electron chi connectivity index (χ3n) is 3.66. The van der Waals surface area contributed by atoms with E-state index in [9.17, 15) is 4.79 Å². The van der Waals surface area contributed by atoms with Crippen LogP contribution < -0.4 is 21.3 Å². The molecule has 0 spiro atoms. The number of anilines is 1. The van der Waals surface area contributed by atoms with Crippen molar-refractivity contribution in [2.24, 2.45) is 0 Å². The molecule has 0 atom stereocenters. The van der Waals surface area contributed by atoms with E-state index in [4.69, 9.17) is 12.2 Å². The monoisotopic (exact) mass is 367 g/mol. The van der Waals surface area contributed by atoms with Crippen LogP contribution in [0.2, 0.25) is 0 Å². The summed E-state index contributed by atoms with van der Waals surface area (Å²) in [4.78, 5) is 15.6. The molecule has 1 aliphatic rings. The molecule has 24 heavy (non-hydrogen) atoms. The van der Waals surface area contributed by atoms with E-state index in [1.54, 1.807) is 36.3 Å². The average Bonchev–Trinajstić information content (AvgIpc) is 2.60. The number of pyridine rings is 1. The number of rotatable bonds is 7. The van der Waals surface area contributed by atoms with Crippen LogP contribution in [-0.4, -0.2) is 46.8 Å². The number of nitrogens with zero attached hydrogens (tertiary/aromatic N) is 1. The van der Waals surface area contributed by atoms with Crippen LogP contribution in [0, 0.1) is 0 Å². The molecule has 0 bridgehead atoms. The maximum Gasteiger partial charge on any atom is 0.319 e. The first-order valence-corrected chi connectivity index (χ1v) is 9.63. The second kappa shape index (κ2) is 11.2. The zero-order valence-corrected chi connectivity index (χ0v) is 15.3. The summed E-state index contributed by atoms with van der Waals surface area (Å²) in [5.41, 5.74) is 0.740. The Morgan fingerprint density at radius 1 is 1.21 bits per heavy atom. The molecule has 0 aliphatic carbocycles. The van der Waals surface area contributed by atoms with Crippen LogP contribution >= 0.6 is 24.0 Å². The Hall–Kier alpha value is -1.38. The first-order chi connectivity index (χ1) is 11.7. The lowest BCUT2D eigenvalue weighted by Gasteiger charge is -2.22. The van der Waals surface area contributed by atoms with E-state index in [0.717, 1.165) is 42.5 Å². The standard InChI is InChI=1S/C16H25N5OS2/c22-15(21-13-3-9-17-10-4-13)19-7-1-2-8-20-16(23)24-14-5-11-18-12-6-14/h3-4,9-10,14,18H,1-2,5-8,11-12H2,(H,20,23)(H2,17,19,21,22). The van der Waals surface area contributed by atoms with Gasteiger partial charge in [-0.15, -0.1) is 0 Å². The largest absolute Gasteiger partial charge is 0.371 e. The van der Waals surface area contributed by atoms with Crippen LogP contribution in [0.1, 0.15) is 25.7 Å². The molecular weight excluding hydrogens is 342 g/mol. The van der Waals surface area contributed by atoms with Gasteiger partial charge in [-0.3, -0.25) is 4.98 Å². The molecule has 0 saturated carbocycles. The summed E-state index contributed by atoms with van der Waals surface area (Å²) in [5.74, 6) is 0. The second-order valence-electron chi connectivity index (χ2n) is 5.61. The van der Waals surface area contributed by atoms with E-state index in [1.165, 1.54) is 12.8 Å². The summed E-state index contributed by atoms with van der Waals surface area (Å²) in [6.07, 6.45) is 7.55. The van der Waals surface area contributed by atoms with Gasteiger partial charge in [0.1, 0.15) is 4.32 Å². The quantitative estimate of drug-likeness (QED) is 0.438. The minimum atomic E-state index is -0.189. The zero-order chi connectivity index (χ0) is 17.0. The van der Waals surface area contributed by atoms with E-state index >= 15 is 0 Å². The maximum absolute atomic E-state index is 11.7. The molecule has 2 heterocycles. The Bertz CT molecular complexity index is 508. The smallest absolute Gasteiger partial charge is 0.319 e. The van der Waals surface area contributed by atoms with Crippen molar-refractivity contribution in [3.05, 3.63) is 24.5 Å². The predicted molar refractivity (Wildman–Crippen MR) is 105 cm³/mol. The highest BCUT2D eigenvalue weighted by atomic mass is 32.2. The number of carbonyl (C=O) groups is 1. The molecule has 0 unspecified atom stereocenters. The number of aromatic nitrogens is 1. The number of nitrogens with one attached hydrogen (secondary N) is 4. The third-order valence-corrected chi connectivity index (χ3v) is 5.25. The fourth-order valence-corrected chi connectivity index (χ4v) is 3.83. The van der Waals surface area contributed by atoms with Crippen LogP contribution in [-0.2, 0) is 0 Å². The van der Waals surface area contributed by atoms with E-state index in [0.29, 0.717) is 11.8 Å². The number of unbranched alkanes of at least 4 members (excludes halogenated alkanes) is 1. The number of hydrogen-bond acceptors (Lipinski definition) is 5. The van der Waals surface area contributed by atoms with Crippen molar-refractivity contribution in [1.29, 1.82) is 0 Å². The van der Waals surface area contributed by atoms with Crippen molar-refractivity contribution in [2.45, 2.75) is 30.9 Å². The molecular formula is C16H25N5OS2. The average molecular weight is 368 g/mol. The summed E-state index contributed by atoms with van der Waals surface area (Å²) in [5, 5.41) is 12.9. The highest BCUT2D eigenvalue weighted by Gasteiger charge is 2.15. The van der Waals surface area contributed by atoms with Gasteiger partial charge in [0.05, 0.1) is 0 Å². The van der Waals surface area contributed by atoms with E-state index < -0.39 is 0 Å². The summed E-state index contributed by atoms with van der Waals surface area (Å²) in [6.45, 7) is 3.68. The molecule has 2 amide bonds. The predicted octanol–water partition coefficient (Wildman–Crippen LogP) is 2.34. The lowest BCUT2D eigenvalue weighted by atomic mass is 10.2. The topological polar surface area (TPSA) is 78.1 Å². The van der Waals surface area contributed by atoms with Crippen LogP contribution in [0.3, 0.4) is 0 Å². The van der Waals surface area contributed by atoms with Crippen LogP contribution in [0.4, 0.5) is 10.5 Å². The van der Waals surface area contributed by atoms with Crippen molar-refractivity contribution < 1.29 is 4.79 Å². The first-order valence-electron chi connectivity index (χ1n) is 8.34. The molecule has 8 heteroatoms. The van der Waals surface area contributed by atoms with Gasteiger partial charge < -0.3 is 21.3 Å². The van der Waals surface area contributed by atoms with Crippen LogP contribution in [0.25, 0.3) is 0 Å². The van der Waals surface area contributed by atoms with Gasteiger partial charge in [-0.05, 0) is 50.9 Å². The van der Waals surface area contributed by atoms with Crippen LogP contribution in [0.5, 0.6) is 0 Å². The number of amides is 2. The number of piperidine rings is 1. The van der Waals surface area contributed by atoms with Gasteiger partial charge in [0.15, 0.2) is 0 Å².